The fraction of sp³-hybridized carbons (Fsp3) is 0.971. The molecule has 4 rings (SSSR count). The Balaban J connectivity index is 1.28. The summed E-state index contributed by atoms with van der Waals surface area (Å²) >= 11 is 0. The van der Waals surface area contributed by atoms with E-state index in [1.54, 1.807) is 0 Å². The molecule has 4 aliphatic carbocycles. The first-order valence-corrected chi connectivity index (χ1v) is 17.2. The predicted octanol–water partition coefficient (Wildman–Crippen LogP) is 10.2. The molecule has 0 N–H and O–H groups in total. The van der Waals surface area contributed by atoms with E-state index in [2.05, 4.69) is 32.6 Å². The lowest BCUT2D eigenvalue weighted by Crippen LogP contribution is -2.52. The molecule has 4 fully saturated rings. The number of nitrogens with zero attached hydrogens (tertiary/aromatic N) is 1. The average Bonchev–Trinajstić information content (AvgIpc) is 3.23. The van der Waals surface area contributed by atoms with E-state index in [1.165, 1.54) is 122 Å². The summed E-state index contributed by atoms with van der Waals surface area (Å²) in [4.78, 5) is 15.5. The van der Waals surface area contributed by atoms with Gasteiger partial charge in [-0.3, -0.25) is 4.79 Å². The Morgan fingerprint density at radius 1 is 0.703 bits per heavy atom. The first-order valence-electron chi connectivity index (χ1n) is 17.2. The second kappa shape index (κ2) is 13.7. The molecule has 0 aromatic rings. The number of amides is 1. The van der Waals surface area contributed by atoms with Crippen LogP contribution in [0.4, 0.5) is 0 Å². The highest BCUT2D eigenvalue weighted by Crippen LogP contribution is 2.67. The van der Waals surface area contributed by atoms with Gasteiger partial charge in [0.25, 0.3) is 0 Å². The van der Waals surface area contributed by atoms with Gasteiger partial charge in [0, 0.05) is 19.5 Å². The first kappa shape index (κ1) is 29.5. The van der Waals surface area contributed by atoms with Crippen molar-refractivity contribution < 1.29 is 4.79 Å². The Kier molecular flexibility index (Phi) is 10.9. The molecule has 0 radical (unpaired) electrons. The summed E-state index contributed by atoms with van der Waals surface area (Å²) in [5.74, 6) is 5.35. The highest BCUT2D eigenvalue weighted by atomic mass is 16.2. The number of carbonyl (C=O) groups excluding carboxylic acids is 1. The van der Waals surface area contributed by atoms with Crippen molar-refractivity contribution in [2.24, 2.45) is 40.4 Å². The van der Waals surface area contributed by atoms with Gasteiger partial charge in [-0.1, -0.05) is 79.1 Å². The monoisotopic (exact) mass is 513 g/mol. The number of unbranched alkanes of at least 4 members (excludes halogenated alkanes) is 6. The van der Waals surface area contributed by atoms with Gasteiger partial charge in [0.05, 0.1) is 0 Å². The van der Waals surface area contributed by atoms with Crippen LogP contribution in [0.25, 0.3) is 0 Å². The van der Waals surface area contributed by atoms with Gasteiger partial charge in [-0.25, -0.2) is 0 Å². The van der Waals surface area contributed by atoms with Crippen LogP contribution in [-0.4, -0.2) is 23.9 Å². The lowest BCUT2D eigenvalue weighted by atomic mass is 9.45. The second-order valence-corrected chi connectivity index (χ2v) is 14.6. The van der Waals surface area contributed by atoms with Gasteiger partial charge in [-0.15, -0.1) is 0 Å². The minimum atomic E-state index is 0.458. The molecule has 4 saturated carbocycles. The fourth-order valence-electron chi connectivity index (χ4n) is 10.4. The van der Waals surface area contributed by atoms with Gasteiger partial charge in [0.1, 0.15) is 0 Å². The lowest BCUT2D eigenvalue weighted by molar-refractivity contribution is -0.131. The van der Waals surface area contributed by atoms with Gasteiger partial charge >= 0.3 is 0 Å². The molecule has 0 aromatic heterocycles. The van der Waals surface area contributed by atoms with Crippen molar-refractivity contribution in [2.45, 2.75) is 163 Å². The van der Waals surface area contributed by atoms with E-state index in [0.29, 0.717) is 16.7 Å². The Morgan fingerprint density at radius 2 is 1.41 bits per heavy atom. The smallest absolute Gasteiger partial charge is 0.222 e. The zero-order valence-electron chi connectivity index (χ0n) is 25.5. The van der Waals surface area contributed by atoms with Crippen molar-refractivity contribution in [3.8, 4) is 0 Å². The first-order chi connectivity index (χ1) is 17.9. The van der Waals surface area contributed by atoms with Crippen LogP contribution in [0, 0.1) is 40.4 Å². The lowest BCUT2D eigenvalue weighted by Gasteiger charge is -2.60. The van der Waals surface area contributed by atoms with Crippen LogP contribution in [-0.2, 0) is 4.79 Å². The fourth-order valence-corrected chi connectivity index (χ4v) is 10.4. The SMILES string of the molecule is CCCCCCN(CCCCCC)C(=O)CCC[C@H]1CCC2C3CCC4CCCC[C@]4(C)C3CC[C@@]21C. The number of carbonyl (C=O) groups is 1. The van der Waals surface area contributed by atoms with Crippen molar-refractivity contribution in [3.05, 3.63) is 0 Å². The van der Waals surface area contributed by atoms with E-state index >= 15 is 0 Å². The third-order valence-electron chi connectivity index (χ3n) is 12.6. The molecular formula is C35H63NO. The zero-order valence-corrected chi connectivity index (χ0v) is 25.5. The average molecular weight is 514 g/mol. The number of hydrogen-bond acceptors (Lipinski definition) is 1. The molecule has 4 unspecified atom stereocenters. The normalized spacial score (nSPS) is 37.0. The number of rotatable bonds is 14. The van der Waals surface area contributed by atoms with E-state index in [9.17, 15) is 4.79 Å². The zero-order chi connectivity index (χ0) is 26.3. The van der Waals surface area contributed by atoms with Gasteiger partial charge in [0.2, 0.25) is 5.91 Å². The maximum absolute atomic E-state index is 13.3. The standard InChI is InChI=1S/C35H63NO/c1-5-7-9-13-26-36(27-14-10-8-6-2)33(37)18-15-17-29-20-22-31-30-21-19-28-16-11-12-24-34(28,3)32(30)23-25-35(29,31)4/h28-32H,5-27H2,1-4H3/t28?,29-,30?,31?,32?,34-,35+/m0/s1. The molecule has 0 heterocycles. The predicted molar refractivity (Wildman–Crippen MR) is 159 cm³/mol. The van der Waals surface area contributed by atoms with Gasteiger partial charge < -0.3 is 4.90 Å². The summed E-state index contributed by atoms with van der Waals surface area (Å²) in [6.45, 7) is 11.9. The third-order valence-corrected chi connectivity index (χ3v) is 12.6. The molecule has 37 heavy (non-hydrogen) atoms. The van der Waals surface area contributed by atoms with E-state index in [1.807, 2.05) is 0 Å². The van der Waals surface area contributed by atoms with Gasteiger partial charge in [-0.2, -0.15) is 0 Å². The Labute approximate surface area is 231 Å². The van der Waals surface area contributed by atoms with Gasteiger partial charge in [-0.05, 0) is 117 Å². The third kappa shape index (κ3) is 6.62. The second-order valence-electron chi connectivity index (χ2n) is 14.6. The summed E-state index contributed by atoms with van der Waals surface area (Å²) in [5, 5.41) is 0. The maximum Gasteiger partial charge on any atom is 0.222 e. The Hall–Kier alpha value is -0.530. The van der Waals surface area contributed by atoms with Crippen LogP contribution in [0.1, 0.15) is 163 Å². The Morgan fingerprint density at radius 3 is 2.11 bits per heavy atom. The summed E-state index contributed by atoms with van der Waals surface area (Å²) < 4.78 is 0. The number of hydrogen-bond donors (Lipinski definition) is 0. The van der Waals surface area contributed by atoms with E-state index in [0.717, 1.165) is 55.5 Å². The molecule has 2 nitrogen and oxygen atoms in total. The molecule has 0 saturated heterocycles. The van der Waals surface area contributed by atoms with Crippen LogP contribution >= 0.6 is 0 Å². The minimum absolute atomic E-state index is 0.458. The van der Waals surface area contributed by atoms with Crippen LogP contribution in [0.2, 0.25) is 0 Å². The van der Waals surface area contributed by atoms with Crippen LogP contribution in [0.3, 0.4) is 0 Å². The largest absolute Gasteiger partial charge is 0.343 e. The van der Waals surface area contributed by atoms with Crippen molar-refractivity contribution in [1.29, 1.82) is 0 Å². The van der Waals surface area contributed by atoms with E-state index in [4.69, 9.17) is 0 Å². The van der Waals surface area contributed by atoms with Crippen LogP contribution in [0.5, 0.6) is 0 Å². The molecule has 0 spiro atoms. The highest BCUT2D eigenvalue weighted by molar-refractivity contribution is 5.76. The van der Waals surface area contributed by atoms with Crippen LogP contribution in [0.15, 0.2) is 0 Å². The summed E-state index contributed by atoms with van der Waals surface area (Å²) in [5.41, 5.74) is 1.22. The number of fused-ring (bicyclic) bond motifs is 5. The molecule has 2 heteroatoms. The molecule has 0 aliphatic heterocycles. The van der Waals surface area contributed by atoms with Gasteiger partial charge in [0.15, 0.2) is 0 Å². The molecule has 0 bridgehead atoms. The maximum atomic E-state index is 13.3. The van der Waals surface area contributed by atoms with Crippen LogP contribution < -0.4 is 0 Å². The molecule has 7 atom stereocenters. The van der Waals surface area contributed by atoms with Crippen molar-refractivity contribution in [2.75, 3.05) is 13.1 Å². The quantitative estimate of drug-likeness (QED) is 0.212. The van der Waals surface area contributed by atoms with Crippen molar-refractivity contribution >= 4 is 5.91 Å². The van der Waals surface area contributed by atoms with Crippen molar-refractivity contribution in [3.63, 3.8) is 0 Å². The molecule has 4 aliphatic rings. The van der Waals surface area contributed by atoms with E-state index in [-0.39, 0.29) is 0 Å². The molecule has 1 amide bonds. The van der Waals surface area contributed by atoms with Crippen molar-refractivity contribution in [1.82, 2.24) is 4.90 Å². The summed E-state index contributed by atoms with van der Waals surface area (Å²) in [6.07, 6.45) is 28.3. The topological polar surface area (TPSA) is 20.3 Å². The summed E-state index contributed by atoms with van der Waals surface area (Å²) in [6, 6.07) is 0. The minimum Gasteiger partial charge on any atom is -0.343 e. The molecular weight excluding hydrogens is 450 g/mol. The highest BCUT2D eigenvalue weighted by Gasteiger charge is 2.59. The summed E-state index contributed by atoms with van der Waals surface area (Å²) in [7, 11) is 0. The molecule has 214 valence electrons. The van der Waals surface area contributed by atoms with E-state index < -0.39 is 0 Å². The molecule has 0 aromatic carbocycles. The Bertz CT molecular complexity index is 691.